The maximum atomic E-state index is 11.9. The van der Waals surface area contributed by atoms with Crippen LogP contribution in [0.3, 0.4) is 0 Å². The highest BCUT2D eigenvalue weighted by Gasteiger charge is 2.18. The van der Waals surface area contributed by atoms with Crippen LogP contribution in [0.1, 0.15) is 26.3 Å². The van der Waals surface area contributed by atoms with Crippen molar-refractivity contribution in [3.63, 3.8) is 0 Å². The molecule has 0 aliphatic carbocycles. The molecule has 5 nitrogen and oxygen atoms in total. The standard InChI is InChI=1S/C16H21NO4/c1-7-8-11-9-13(19-5)14(20-6)10-12(11)17-15(18)21-16(2,3)4/h1,9-10H,8H2,2-6H3,(H,17,18). The van der Waals surface area contributed by atoms with Gasteiger partial charge >= 0.3 is 6.09 Å². The second kappa shape index (κ2) is 6.89. The van der Waals surface area contributed by atoms with Crippen LogP contribution in [-0.2, 0) is 11.2 Å². The van der Waals surface area contributed by atoms with Gasteiger partial charge < -0.3 is 14.2 Å². The van der Waals surface area contributed by atoms with E-state index >= 15 is 0 Å². The fourth-order valence-electron chi connectivity index (χ4n) is 1.71. The van der Waals surface area contributed by atoms with E-state index in [1.54, 1.807) is 40.0 Å². The lowest BCUT2D eigenvalue weighted by atomic mass is 10.1. The quantitative estimate of drug-likeness (QED) is 0.865. The Hall–Kier alpha value is -2.35. The monoisotopic (exact) mass is 291 g/mol. The van der Waals surface area contributed by atoms with E-state index in [2.05, 4.69) is 11.2 Å². The molecule has 1 aromatic carbocycles. The predicted octanol–water partition coefficient (Wildman–Crippen LogP) is 3.23. The second-order valence-electron chi connectivity index (χ2n) is 5.37. The van der Waals surface area contributed by atoms with E-state index in [-0.39, 0.29) is 0 Å². The molecule has 114 valence electrons. The van der Waals surface area contributed by atoms with E-state index in [4.69, 9.17) is 20.6 Å². The van der Waals surface area contributed by atoms with Crippen LogP contribution >= 0.6 is 0 Å². The van der Waals surface area contributed by atoms with Gasteiger partial charge in [-0.05, 0) is 32.4 Å². The molecule has 0 aromatic heterocycles. The Morgan fingerprint density at radius 3 is 2.29 bits per heavy atom. The summed E-state index contributed by atoms with van der Waals surface area (Å²) in [6.45, 7) is 5.39. The van der Waals surface area contributed by atoms with Gasteiger partial charge in [-0.1, -0.05) is 0 Å². The summed E-state index contributed by atoms with van der Waals surface area (Å²) < 4.78 is 15.7. The van der Waals surface area contributed by atoms with Crippen molar-refractivity contribution in [3.8, 4) is 23.8 Å². The first kappa shape index (κ1) is 16.7. The van der Waals surface area contributed by atoms with Crippen LogP contribution < -0.4 is 14.8 Å². The number of nitrogens with one attached hydrogen (secondary N) is 1. The molecule has 0 bridgehead atoms. The van der Waals surface area contributed by atoms with E-state index in [0.717, 1.165) is 5.56 Å². The first-order chi connectivity index (χ1) is 9.80. The smallest absolute Gasteiger partial charge is 0.412 e. The predicted molar refractivity (Wildman–Crippen MR) is 81.9 cm³/mol. The number of hydrogen-bond donors (Lipinski definition) is 1. The molecule has 1 N–H and O–H groups in total. The Balaban J connectivity index is 3.09. The minimum Gasteiger partial charge on any atom is -0.493 e. The van der Waals surface area contributed by atoms with Gasteiger partial charge in [-0.15, -0.1) is 12.3 Å². The molecule has 0 saturated heterocycles. The first-order valence-electron chi connectivity index (χ1n) is 6.49. The van der Waals surface area contributed by atoms with Crippen molar-refractivity contribution < 1.29 is 19.0 Å². The average molecular weight is 291 g/mol. The summed E-state index contributed by atoms with van der Waals surface area (Å²) in [5.74, 6) is 3.60. The van der Waals surface area contributed by atoms with Crippen molar-refractivity contribution in [1.82, 2.24) is 0 Å². The molecule has 5 heteroatoms. The lowest BCUT2D eigenvalue weighted by Crippen LogP contribution is -2.27. The number of ether oxygens (including phenoxy) is 3. The van der Waals surface area contributed by atoms with Gasteiger partial charge in [0, 0.05) is 12.5 Å². The lowest BCUT2D eigenvalue weighted by molar-refractivity contribution is 0.0636. The van der Waals surface area contributed by atoms with Gasteiger partial charge in [0.2, 0.25) is 0 Å². The first-order valence-corrected chi connectivity index (χ1v) is 6.49. The zero-order valence-corrected chi connectivity index (χ0v) is 13.1. The highest BCUT2D eigenvalue weighted by molar-refractivity contribution is 5.87. The van der Waals surface area contributed by atoms with Crippen molar-refractivity contribution in [2.45, 2.75) is 32.8 Å². The summed E-state index contributed by atoms with van der Waals surface area (Å²) in [4.78, 5) is 11.9. The Morgan fingerprint density at radius 2 is 1.81 bits per heavy atom. The lowest BCUT2D eigenvalue weighted by Gasteiger charge is -2.21. The zero-order valence-electron chi connectivity index (χ0n) is 13.1. The number of benzene rings is 1. The number of methoxy groups -OCH3 is 2. The van der Waals surface area contributed by atoms with Gasteiger partial charge in [0.25, 0.3) is 0 Å². The number of hydrogen-bond acceptors (Lipinski definition) is 4. The van der Waals surface area contributed by atoms with Crippen LogP contribution in [0, 0.1) is 12.3 Å². The van der Waals surface area contributed by atoms with Gasteiger partial charge in [0.05, 0.1) is 19.9 Å². The van der Waals surface area contributed by atoms with E-state index in [1.807, 2.05) is 0 Å². The number of amides is 1. The van der Waals surface area contributed by atoms with Gasteiger partial charge in [-0.25, -0.2) is 4.79 Å². The van der Waals surface area contributed by atoms with Crippen LogP contribution in [0.2, 0.25) is 0 Å². The molecule has 0 heterocycles. The van der Waals surface area contributed by atoms with Crippen molar-refractivity contribution in [1.29, 1.82) is 0 Å². The highest BCUT2D eigenvalue weighted by Crippen LogP contribution is 2.33. The third-order valence-electron chi connectivity index (χ3n) is 2.54. The molecular formula is C16H21NO4. The third-order valence-corrected chi connectivity index (χ3v) is 2.54. The van der Waals surface area contributed by atoms with Gasteiger partial charge in [-0.3, -0.25) is 5.32 Å². The second-order valence-corrected chi connectivity index (χ2v) is 5.37. The molecule has 21 heavy (non-hydrogen) atoms. The number of anilines is 1. The summed E-state index contributed by atoms with van der Waals surface area (Å²) in [7, 11) is 3.06. The molecular weight excluding hydrogens is 270 g/mol. The van der Waals surface area contributed by atoms with Crippen LogP contribution in [-0.4, -0.2) is 25.9 Å². The van der Waals surface area contributed by atoms with Crippen molar-refractivity contribution >= 4 is 11.8 Å². The van der Waals surface area contributed by atoms with Crippen molar-refractivity contribution in [2.24, 2.45) is 0 Å². The minimum absolute atomic E-state index is 0.353. The Bertz CT molecular complexity index is 553. The molecule has 1 aromatic rings. The molecule has 0 fully saturated rings. The zero-order chi connectivity index (χ0) is 16.0. The summed E-state index contributed by atoms with van der Waals surface area (Å²) in [6.07, 6.45) is 5.16. The third kappa shape index (κ3) is 4.92. The molecule has 0 saturated carbocycles. The number of terminal acetylenes is 1. The van der Waals surface area contributed by atoms with Crippen LogP contribution in [0.25, 0.3) is 0 Å². The van der Waals surface area contributed by atoms with Crippen LogP contribution in [0.4, 0.5) is 10.5 Å². The highest BCUT2D eigenvalue weighted by atomic mass is 16.6. The van der Waals surface area contributed by atoms with E-state index in [9.17, 15) is 4.79 Å². The fraction of sp³-hybridized carbons (Fsp3) is 0.438. The molecule has 1 rings (SSSR count). The molecule has 1 amide bonds. The number of rotatable bonds is 4. The summed E-state index contributed by atoms with van der Waals surface area (Å²) in [5, 5.41) is 2.69. The Kier molecular flexibility index (Phi) is 5.48. The average Bonchev–Trinajstić information content (AvgIpc) is 2.38. The van der Waals surface area contributed by atoms with Crippen LogP contribution in [0.5, 0.6) is 11.5 Å². The SMILES string of the molecule is C#CCc1cc(OC)c(OC)cc1NC(=O)OC(C)(C)C. The number of carbonyl (C=O) groups excluding carboxylic acids is 1. The topological polar surface area (TPSA) is 56.8 Å². The molecule has 0 unspecified atom stereocenters. The van der Waals surface area contributed by atoms with E-state index in [0.29, 0.717) is 23.6 Å². The molecule has 0 aliphatic heterocycles. The maximum Gasteiger partial charge on any atom is 0.412 e. The summed E-state index contributed by atoms with van der Waals surface area (Å²) >= 11 is 0. The van der Waals surface area contributed by atoms with Gasteiger partial charge in [-0.2, -0.15) is 0 Å². The maximum absolute atomic E-state index is 11.9. The fourth-order valence-corrected chi connectivity index (χ4v) is 1.71. The van der Waals surface area contributed by atoms with Gasteiger partial charge in [0.15, 0.2) is 11.5 Å². The minimum atomic E-state index is -0.576. The molecule has 0 spiro atoms. The Morgan fingerprint density at radius 1 is 1.24 bits per heavy atom. The Labute approximate surface area is 125 Å². The molecule has 0 atom stereocenters. The normalized spacial score (nSPS) is 10.5. The summed E-state index contributed by atoms with van der Waals surface area (Å²) in [5.41, 5.74) is 0.716. The van der Waals surface area contributed by atoms with E-state index in [1.165, 1.54) is 7.11 Å². The van der Waals surface area contributed by atoms with Gasteiger partial charge in [0.1, 0.15) is 5.60 Å². The van der Waals surface area contributed by atoms with E-state index < -0.39 is 11.7 Å². The largest absolute Gasteiger partial charge is 0.493 e. The molecule has 0 radical (unpaired) electrons. The van der Waals surface area contributed by atoms with Crippen molar-refractivity contribution in [2.75, 3.05) is 19.5 Å². The molecule has 0 aliphatic rings. The number of carbonyl (C=O) groups is 1. The summed E-state index contributed by atoms with van der Waals surface area (Å²) in [6, 6.07) is 3.40. The van der Waals surface area contributed by atoms with Crippen LogP contribution in [0.15, 0.2) is 12.1 Å². The van der Waals surface area contributed by atoms with Crippen molar-refractivity contribution in [3.05, 3.63) is 17.7 Å².